The molecule has 1 aliphatic carbocycles. The molecule has 25 heavy (non-hydrogen) atoms. The molecule has 0 bridgehead atoms. The van der Waals surface area contributed by atoms with E-state index in [1.807, 2.05) is 0 Å². The molecule has 0 saturated heterocycles. The van der Waals surface area contributed by atoms with Crippen molar-refractivity contribution in [1.29, 1.82) is 0 Å². The highest BCUT2D eigenvalue weighted by Gasteiger charge is 2.31. The summed E-state index contributed by atoms with van der Waals surface area (Å²) < 4.78 is 0. The van der Waals surface area contributed by atoms with Gasteiger partial charge in [-0.05, 0) is 59.3 Å². The van der Waals surface area contributed by atoms with Crippen LogP contribution in [0.25, 0.3) is 0 Å². The molecule has 0 atom stereocenters. The van der Waals surface area contributed by atoms with E-state index < -0.39 is 0 Å². The van der Waals surface area contributed by atoms with Crippen LogP contribution in [-0.2, 0) is 0 Å². The van der Waals surface area contributed by atoms with Gasteiger partial charge in [-0.25, -0.2) is 0 Å². The third-order valence-corrected chi connectivity index (χ3v) is 5.46. The number of hydrogen-bond donors (Lipinski definition) is 3. The van der Waals surface area contributed by atoms with Crippen LogP contribution in [0.15, 0.2) is 4.99 Å². The molecule has 1 saturated carbocycles. The van der Waals surface area contributed by atoms with Gasteiger partial charge in [0.2, 0.25) is 0 Å². The number of aliphatic hydroxyl groups excluding tert-OH is 1. The highest BCUT2D eigenvalue weighted by atomic mass is 16.3. The van der Waals surface area contributed by atoms with Crippen LogP contribution in [0.2, 0.25) is 0 Å². The second-order valence-corrected chi connectivity index (χ2v) is 8.08. The lowest BCUT2D eigenvalue weighted by molar-refractivity contribution is 0.137. The van der Waals surface area contributed by atoms with Crippen LogP contribution < -0.4 is 10.6 Å². The van der Waals surface area contributed by atoms with Gasteiger partial charge >= 0.3 is 0 Å². The zero-order valence-corrected chi connectivity index (χ0v) is 17.3. The average Bonchev–Trinajstić information content (AvgIpc) is 2.57. The lowest BCUT2D eigenvalue weighted by Gasteiger charge is -2.36. The summed E-state index contributed by atoms with van der Waals surface area (Å²) in [6.45, 7) is 15.0. The summed E-state index contributed by atoms with van der Waals surface area (Å²) in [5.41, 5.74) is 0.206. The Morgan fingerprint density at radius 3 is 2.24 bits per heavy atom. The minimum Gasteiger partial charge on any atom is -0.396 e. The van der Waals surface area contributed by atoms with Gasteiger partial charge in [0.05, 0.1) is 0 Å². The fraction of sp³-hybridized carbons (Fsp3) is 0.950. The Morgan fingerprint density at radius 1 is 1.08 bits per heavy atom. The molecule has 0 amide bonds. The minimum atomic E-state index is 0.206. The van der Waals surface area contributed by atoms with Crippen molar-refractivity contribution >= 4 is 5.96 Å². The summed E-state index contributed by atoms with van der Waals surface area (Å²) in [6.07, 6.45) is 7.16. The maximum absolute atomic E-state index is 9.47. The fourth-order valence-electron chi connectivity index (χ4n) is 4.03. The zero-order valence-electron chi connectivity index (χ0n) is 17.3. The third kappa shape index (κ3) is 7.95. The number of nitrogens with one attached hydrogen (secondary N) is 2. The number of rotatable bonds is 10. The Kier molecular flexibility index (Phi) is 10.4. The van der Waals surface area contributed by atoms with Crippen LogP contribution >= 0.6 is 0 Å². The molecule has 0 unspecified atom stereocenters. The molecule has 0 aliphatic heterocycles. The molecule has 148 valence electrons. The topological polar surface area (TPSA) is 59.9 Å². The molecule has 0 aromatic heterocycles. The van der Waals surface area contributed by atoms with E-state index in [2.05, 4.69) is 50.2 Å². The van der Waals surface area contributed by atoms with Crippen molar-refractivity contribution in [1.82, 2.24) is 15.5 Å². The Hall–Kier alpha value is -0.810. The molecule has 0 aromatic carbocycles. The molecule has 5 nitrogen and oxygen atoms in total. The van der Waals surface area contributed by atoms with Gasteiger partial charge < -0.3 is 15.7 Å². The summed E-state index contributed by atoms with van der Waals surface area (Å²) in [5, 5.41) is 16.3. The van der Waals surface area contributed by atoms with E-state index in [4.69, 9.17) is 4.99 Å². The minimum absolute atomic E-state index is 0.206. The molecule has 0 aromatic rings. The normalized spacial score (nSPS) is 18.2. The van der Waals surface area contributed by atoms with Crippen LogP contribution in [-0.4, -0.2) is 60.8 Å². The van der Waals surface area contributed by atoms with Gasteiger partial charge in [-0.15, -0.1) is 0 Å². The maximum atomic E-state index is 9.47. The van der Waals surface area contributed by atoms with E-state index in [1.54, 1.807) is 0 Å². The second-order valence-electron chi connectivity index (χ2n) is 8.08. The molecule has 0 radical (unpaired) electrons. The molecule has 1 aliphatic rings. The predicted octanol–water partition coefficient (Wildman–Crippen LogP) is 2.99. The largest absolute Gasteiger partial charge is 0.396 e. The van der Waals surface area contributed by atoms with E-state index in [9.17, 15) is 5.11 Å². The summed E-state index contributed by atoms with van der Waals surface area (Å²) in [6, 6.07) is 1.10. The monoisotopic (exact) mass is 354 g/mol. The van der Waals surface area contributed by atoms with Gasteiger partial charge in [-0.1, -0.05) is 19.3 Å². The van der Waals surface area contributed by atoms with Crippen LogP contribution in [0, 0.1) is 5.41 Å². The number of hydrogen-bond acceptors (Lipinski definition) is 3. The lowest BCUT2D eigenvalue weighted by Crippen LogP contribution is -2.45. The summed E-state index contributed by atoms with van der Waals surface area (Å²) in [7, 11) is 0. The Morgan fingerprint density at radius 2 is 1.72 bits per heavy atom. The Labute approximate surface area is 155 Å². The van der Waals surface area contributed by atoms with Crippen molar-refractivity contribution in [3.63, 3.8) is 0 Å². The van der Waals surface area contributed by atoms with Crippen molar-refractivity contribution in [3.8, 4) is 0 Å². The smallest absolute Gasteiger partial charge is 0.191 e. The van der Waals surface area contributed by atoms with Crippen molar-refractivity contribution in [3.05, 3.63) is 0 Å². The first-order valence-corrected chi connectivity index (χ1v) is 10.3. The molecular weight excluding hydrogens is 312 g/mol. The van der Waals surface area contributed by atoms with E-state index in [0.717, 1.165) is 38.6 Å². The highest BCUT2D eigenvalue weighted by Crippen LogP contribution is 2.39. The molecule has 3 N–H and O–H groups in total. The van der Waals surface area contributed by atoms with Crippen LogP contribution in [0.4, 0.5) is 0 Å². The van der Waals surface area contributed by atoms with Gasteiger partial charge in [-0.2, -0.15) is 0 Å². The van der Waals surface area contributed by atoms with Crippen LogP contribution in [0.1, 0.15) is 73.1 Å². The van der Waals surface area contributed by atoms with Gasteiger partial charge in [-0.3, -0.25) is 9.89 Å². The Bertz CT molecular complexity index is 362. The first-order chi connectivity index (χ1) is 11.9. The number of aliphatic imine (C=N–C) groups is 1. The summed E-state index contributed by atoms with van der Waals surface area (Å²) in [4.78, 5) is 7.37. The van der Waals surface area contributed by atoms with Crippen molar-refractivity contribution < 1.29 is 5.11 Å². The van der Waals surface area contributed by atoms with E-state index >= 15 is 0 Å². The molecule has 1 fully saturated rings. The average molecular weight is 355 g/mol. The van der Waals surface area contributed by atoms with E-state index in [-0.39, 0.29) is 12.0 Å². The SMILES string of the molecule is CCNC(=NCC1(CCO)CCCCC1)NCCN(C(C)C)C(C)C. The summed E-state index contributed by atoms with van der Waals surface area (Å²) >= 11 is 0. The fourth-order valence-corrected chi connectivity index (χ4v) is 4.03. The molecule has 0 heterocycles. The molecule has 0 spiro atoms. The van der Waals surface area contributed by atoms with Crippen molar-refractivity contribution in [2.24, 2.45) is 10.4 Å². The quantitative estimate of drug-likeness (QED) is 0.417. The highest BCUT2D eigenvalue weighted by molar-refractivity contribution is 5.79. The Balaban J connectivity index is 2.60. The molecule has 1 rings (SSSR count). The lowest BCUT2D eigenvalue weighted by atomic mass is 9.72. The molecule has 5 heteroatoms. The van der Waals surface area contributed by atoms with Gasteiger partial charge in [0.25, 0.3) is 0 Å². The number of nitrogens with zero attached hydrogens (tertiary/aromatic N) is 2. The number of aliphatic hydroxyl groups is 1. The zero-order chi connectivity index (χ0) is 18.7. The standard InChI is InChI=1S/C20H42N4O/c1-6-21-19(22-13-14-24(17(2)3)18(4)5)23-16-20(12-15-25)10-8-7-9-11-20/h17-18,25H,6-16H2,1-5H3,(H2,21,22,23). The predicted molar refractivity (Wildman–Crippen MR) is 108 cm³/mol. The first-order valence-electron chi connectivity index (χ1n) is 10.3. The van der Waals surface area contributed by atoms with Crippen LogP contribution in [0.5, 0.6) is 0 Å². The van der Waals surface area contributed by atoms with Crippen LogP contribution in [0.3, 0.4) is 0 Å². The van der Waals surface area contributed by atoms with Gasteiger partial charge in [0, 0.05) is 44.9 Å². The molecular formula is C20H42N4O. The van der Waals surface area contributed by atoms with E-state index in [0.29, 0.717) is 12.1 Å². The van der Waals surface area contributed by atoms with Crippen molar-refractivity contribution in [2.75, 3.05) is 32.8 Å². The second kappa shape index (κ2) is 11.7. The first kappa shape index (κ1) is 22.2. The summed E-state index contributed by atoms with van der Waals surface area (Å²) in [5.74, 6) is 0.915. The maximum Gasteiger partial charge on any atom is 0.191 e. The van der Waals surface area contributed by atoms with E-state index in [1.165, 1.54) is 32.1 Å². The van der Waals surface area contributed by atoms with Crippen molar-refractivity contribution in [2.45, 2.75) is 85.2 Å². The number of guanidine groups is 1. The third-order valence-electron chi connectivity index (χ3n) is 5.46. The van der Waals surface area contributed by atoms with Gasteiger partial charge in [0.1, 0.15) is 0 Å². The van der Waals surface area contributed by atoms with Gasteiger partial charge in [0.15, 0.2) is 5.96 Å².